The molecule has 0 heterocycles. The summed E-state index contributed by atoms with van der Waals surface area (Å²) >= 11 is 3.24. The van der Waals surface area contributed by atoms with Gasteiger partial charge in [-0.2, -0.15) is 0 Å². The molecule has 2 N–H and O–H groups in total. The van der Waals surface area contributed by atoms with Crippen LogP contribution in [0, 0.1) is 10.1 Å². The van der Waals surface area contributed by atoms with Gasteiger partial charge in [0.1, 0.15) is 0 Å². The molecule has 0 aliphatic rings. The van der Waals surface area contributed by atoms with Crippen LogP contribution in [0.4, 0.5) is 5.69 Å². The van der Waals surface area contributed by atoms with Crippen molar-refractivity contribution in [2.45, 2.75) is 25.7 Å². The maximum absolute atomic E-state index is 11.0. The Morgan fingerprint density at radius 2 is 2.12 bits per heavy atom. The second kappa shape index (κ2) is 4.93. The topological polar surface area (TPSA) is 69.2 Å². The predicted molar refractivity (Wildman–Crippen MR) is 67.5 cm³/mol. The standard InChI is InChI=1S/C11H15BrN2O2/c1-11(2,5-6-13)9-4-3-8(12)7-10(9)14(15)16/h3-4,7H,5-6,13H2,1-2H3. The quantitative estimate of drug-likeness (QED) is 0.683. The van der Waals surface area contributed by atoms with Gasteiger partial charge in [-0.15, -0.1) is 0 Å². The van der Waals surface area contributed by atoms with Crippen molar-refractivity contribution in [1.82, 2.24) is 0 Å². The van der Waals surface area contributed by atoms with Crippen LogP contribution in [0.3, 0.4) is 0 Å². The molecule has 0 unspecified atom stereocenters. The Morgan fingerprint density at radius 3 is 2.62 bits per heavy atom. The van der Waals surface area contributed by atoms with Crippen molar-refractivity contribution in [2.24, 2.45) is 5.73 Å². The van der Waals surface area contributed by atoms with E-state index >= 15 is 0 Å². The highest BCUT2D eigenvalue weighted by Crippen LogP contribution is 2.35. The largest absolute Gasteiger partial charge is 0.330 e. The van der Waals surface area contributed by atoms with Crippen LogP contribution in [0.1, 0.15) is 25.8 Å². The van der Waals surface area contributed by atoms with Crippen molar-refractivity contribution in [3.63, 3.8) is 0 Å². The summed E-state index contributed by atoms with van der Waals surface area (Å²) in [5.41, 5.74) is 6.12. The lowest BCUT2D eigenvalue weighted by molar-refractivity contribution is -0.386. The lowest BCUT2D eigenvalue weighted by Gasteiger charge is -2.24. The van der Waals surface area contributed by atoms with Crippen LogP contribution in [0.2, 0.25) is 0 Å². The fourth-order valence-electron chi connectivity index (χ4n) is 1.72. The molecule has 16 heavy (non-hydrogen) atoms. The molecule has 0 amide bonds. The van der Waals surface area contributed by atoms with E-state index in [0.717, 1.165) is 12.0 Å². The average Bonchev–Trinajstić information content (AvgIpc) is 2.16. The van der Waals surface area contributed by atoms with Crippen molar-refractivity contribution in [3.05, 3.63) is 38.3 Å². The molecule has 1 rings (SSSR count). The van der Waals surface area contributed by atoms with Crippen LogP contribution in [0.15, 0.2) is 22.7 Å². The molecule has 0 radical (unpaired) electrons. The Labute approximate surface area is 103 Å². The maximum atomic E-state index is 11.0. The number of hydrogen-bond donors (Lipinski definition) is 1. The van der Waals surface area contributed by atoms with Crippen LogP contribution in [0.5, 0.6) is 0 Å². The summed E-state index contributed by atoms with van der Waals surface area (Å²) < 4.78 is 0.714. The number of halogens is 1. The molecular weight excluding hydrogens is 272 g/mol. The first kappa shape index (κ1) is 13.1. The van der Waals surface area contributed by atoms with Gasteiger partial charge in [-0.3, -0.25) is 10.1 Å². The second-order valence-electron chi connectivity index (χ2n) is 4.34. The Kier molecular flexibility index (Phi) is 4.04. The van der Waals surface area contributed by atoms with Gasteiger partial charge in [0.2, 0.25) is 0 Å². The summed E-state index contributed by atoms with van der Waals surface area (Å²) in [7, 11) is 0. The molecule has 0 aliphatic carbocycles. The third kappa shape index (κ3) is 2.80. The Balaban J connectivity index is 3.27. The highest BCUT2D eigenvalue weighted by molar-refractivity contribution is 9.10. The molecule has 1 aromatic rings. The fraction of sp³-hybridized carbons (Fsp3) is 0.455. The molecule has 0 fully saturated rings. The smallest absolute Gasteiger partial charge is 0.274 e. The fourth-order valence-corrected chi connectivity index (χ4v) is 2.07. The van der Waals surface area contributed by atoms with E-state index in [1.54, 1.807) is 6.07 Å². The SMILES string of the molecule is CC(C)(CCN)c1ccc(Br)cc1[N+](=O)[O-]. The van der Waals surface area contributed by atoms with Crippen molar-refractivity contribution in [1.29, 1.82) is 0 Å². The zero-order valence-corrected chi connectivity index (χ0v) is 11.0. The first-order valence-corrected chi connectivity index (χ1v) is 5.82. The van der Waals surface area contributed by atoms with Gasteiger partial charge < -0.3 is 5.73 Å². The normalized spacial score (nSPS) is 11.5. The van der Waals surface area contributed by atoms with E-state index in [1.165, 1.54) is 6.07 Å². The van der Waals surface area contributed by atoms with E-state index in [9.17, 15) is 10.1 Å². The third-order valence-corrected chi connectivity index (χ3v) is 3.15. The number of rotatable bonds is 4. The second-order valence-corrected chi connectivity index (χ2v) is 5.26. The minimum absolute atomic E-state index is 0.146. The summed E-state index contributed by atoms with van der Waals surface area (Å²) in [5.74, 6) is 0. The molecule has 0 spiro atoms. The van der Waals surface area contributed by atoms with Gasteiger partial charge in [0.15, 0.2) is 0 Å². The van der Waals surface area contributed by atoms with Gasteiger partial charge in [0.05, 0.1) is 4.92 Å². The van der Waals surface area contributed by atoms with Gasteiger partial charge in [-0.1, -0.05) is 35.8 Å². The summed E-state index contributed by atoms with van der Waals surface area (Å²) in [6.07, 6.45) is 0.718. The van der Waals surface area contributed by atoms with Crippen LogP contribution < -0.4 is 5.73 Å². The van der Waals surface area contributed by atoms with Crippen molar-refractivity contribution >= 4 is 21.6 Å². The Bertz CT molecular complexity index is 405. The van der Waals surface area contributed by atoms with Crippen LogP contribution in [0.25, 0.3) is 0 Å². The van der Waals surface area contributed by atoms with E-state index in [-0.39, 0.29) is 16.0 Å². The molecular formula is C11H15BrN2O2. The maximum Gasteiger partial charge on any atom is 0.274 e. The first-order chi connectivity index (χ1) is 7.38. The van der Waals surface area contributed by atoms with E-state index < -0.39 is 0 Å². The van der Waals surface area contributed by atoms with Crippen molar-refractivity contribution in [2.75, 3.05) is 6.54 Å². The number of nitrogens with two attached hydrogens (primary N) is 1. The zero-order chi connectivity index (χ0) is 12.3. The summed E-state index contributed by atoms with van der Waals surface area (Å²) in [6.45, 7) is 4.45. The lowest BCUT2D eigenvalue weighted by Crippen LogP contribution is -2.22. The molecule has 0 aromatic heterocycles. The third-order valence-electron chi connectivity index (χ3n) is 2.65. The molecule has 0 bridgehead atoms. The van der Waals surface area contributed by atoms with E-state index in [2.05, 4.69) is 15.9 Å². The van der Waals surface area contributed by atoms with Crippen molar-refractivity contribution < 1.29 is 4.92 Å². The summed E-state index contributed by atoms with van der Waals surface area (Å²) in [6, 6.07) is 5.14. The van der Waals surface area contributed by atoms with Crippen LogP contribution in [-0.4, -0.2) is 11.5 Å². The molecule has 4 nitrogen and oxygen atoms in total. The zero-order valence-electron chi connectivity index (χ0n) is 9.37. The highest BCUT2D eigenvalue weighted by Gasteiger charge is 2.28. The van der Waals surface area contributed by atoms with E-state index in [4.69, 9.17) is 5.73 Å². The number of nitro groups is 1. The Hall–Kier alpha value is -0.940. The highest BCUT2D eigenvalue weighted by atomic mass is 79.9. The number of hydrogen-bond acceptors (Lipinski definition) is 3. The average molecular weight is 287 g/mol. The summed E-state index contributed by atoms with van der Waals surface area (Å²) in [4.78, 5) is 10.6. The minimum atomic E-state index is -0.349. The minimum Gasteiger partial charge on any atom is -0.330 e. The van der Waals surface area contributed by atoms with Crippen molar-refractivity contribution in [3.8, 4) is 0 Å². The Morgan fingerprint density at radius 1 is 1.50 bits per heavy atom. The summed E-state index contributed by atoms with van der Waals surface area (Å²) in [5, 5.41) is 11.0. The number of nitro benzene ring substituents is 1. The molecule has 0 saturated carbocycles. The van der Waals surface area contributed by atoms with Gasteiger partial charge in [-0.25, -0.2) is 0 Å². The monoisotopic (exact) mass is 286 g/mol. The van der Waals surface area contributed by atoms with Gasteiger partial charge in [-0.05, 0) is 24.4 Å². The van der Waals surface area contributed by atoms with Gasteiger partial charge in [0.25, 0.3) is 5.69 Å². The molecule has 1 aromatic carbocycles. The first-order valence-electron chi connectivity index (χ1n) is 5.03. The number of nitrogens with zero attached hydrogens (tertiary/aromatic N) is 1. The molecule has 0 aliphatic heterocycles. The van der Waals surface area contributed by atoms with Gasteiger partial charge in [0, 0.05) is 16.1 Å². The molecule has 0 saturated heterocycles. The molecule has 0 atom stereocenters. The van der Waals surface area contributed by atoms with E-state index in [0.29, 0.717) is 11.0 Å². The number of benzene rings is 1. The van der Waals surface area contributed by atoms with E-state index in [1.807, 2.05) is 19.9 Å². The molecule has 5 heteroatoms. The lowest BCUT2D eigenvalue weighted by atomic mass is 9.80. The molecule has 88 valence electrons. The van der Waals surface area contributed by atoms with Crippen LogP contribution >= 0.6 is 15.9 Å². The van der Waals surface area contributed by atoms with Gasteiger partial charge >= 0.3 is 0 Å². The predicted octanol–water partition coefficient (Wildman–Crippen LogP) is 2.98. The van der Waals surface area contributed by atoms with Crippen LogP contribution in [-0.2, 0) is 5.41 Å².